The molecule has 27 heavy (non-hydrogen) atoms. The maximum atomic E-state index is 12.1. The van der Waals surface area contributed by atoms with Crippen LogP contribution in [0.1, 0.15) is 11.1 Å². The SMILES string of the molecule is O=C(/C=C/c1cc(Br)ccc1OCc1ccccc1)Nc1ccc(O)cc1. The van der Waals surface area contributed by atoms with E-state index in [-0.39, 0.29) is 11.7 Å². The van der Waals surface area contributed by atoms with Crippen LogP contribution in [0.3, 0.4) is 0 Å². The van der Waals surface area contributed by atoms with E-state index in [0.29, 0.717) is 18.0 Å². The molecule has 0 unspecified atom stereocenters. The van der Waals surface area contributed by atoms with Gasteiger partial charge in [0.2, 0.25) is 5.91 Å². The van der Waals surface area contributed by atoms with Gasteiger partial charge in [-0.05, 0) is 54.1 Å². The van der Waals surface area contributed by atoms with E-state index in [0.717, 1.165) is 15.6 Å². The highest BCUT2D eigenvalue weighted by Gasteiger charge is 2.04. The smallest absolute Gasteiger partial charge is 0.248 e. The number of amides is 1. The molecule has 0 aliphatic carbocycles. The molecule has 0 saturated heterocycles. The zero-order chi connectivity index (χ0) is 19.1. The molecule has 2 N–H and O–H groups in total. The van der Waals surface area contributed by atoms with Gasteiger partial charge in [-0.1, -0.05) is 46.3 Å². The van der Waals surface area contributed by atoms with Crippen LogP contribution in [0.5, 0.6) is 11.5 Å². The predicted molar refractivity (Wildman–Crippen MR) is 111 cm³/mol. The summed E-state index contributed by atoms with van der Waals surface area (Å²) in [5.41, 5.74) is 2.47. The number of hydrogen-bond donors (Lipinski definition) is 2. The predicted octanol–water partition coefficient (Wildman–Crippen LogP) is 5.39. The largest absolute Gasteiger partial charge is 0.508 e. The van der Waals surface area contributed by atoms with Gasteiger partial charge in [0.05, 0.1) is 0 Å². The molecule has 1 amide bonds. The van der Waals surface area contributed by atoms with Gasteiger partial charge < -0.3 is 15.2 Å². The number of aromatic hydroxyl groups is 1. The van der Waals surface area contributed by atoms with Crippen molar-refractivity contribution in [1.82, 2.24) is 0 Å². The summed E-state index contributed by atoms with van der Waals surface area (Å²) in [6.07, 6.45) is 3.16. The molecule has 4 nitrogen and oxygen atoms in total. The van der Waals surface area contributed by atoms with Crippen LogP contribution < -0.4 is 10.1 Å². The fourth-order valence-corrected chi connectivity index (χ4v) is 2.79. The van der Waals surface area contributed by atoms with Crippen molar-refractivity contribution in [2.75, 3.05) is 5.32 Å². The van der Waals surface area contributed by atoms with Crippen LogP contribution in [0.4, 0.5) is 5.69 Å². The van der Waals surface area contributed by atoms with Crippen LogP contribution in [0.2, 0.25) is 0 Å². The zero-order valence-corrected chi connectivity index (χ0v) is 16.0. The molecule has 0 aliphatic rings. The number of rotatable bonds is 6. The Morgan fingerprint density at radius 2 is 1.78 bits per heavy atom. The quantitative estimate of drug-likeness (QED) is 0.412. The maximum Gasteiger partial charge on any atom is 0.248 e. The molecule has 0 spiro atoms. The highest BCUT2D eigenvalue weighted by Crippen LogP contribution is 2.25. The van der Waals surface area contributed by atoms with Gasteiger partial charge in [0.15, 0.2) is 0 Å². The average Bonchev–Trinajstić information content (AvgIpc) is 2.68. The molecule has 0 saturated carbocycles. The van der Waals surface area contributed by atoms with Gasteiger partial charge >= 0.3 is 0 Å². The van der Waals surface area contributed by atoms with Crippen molar-refractivity contribution in [3.05, 3.63) is 94.5 Å². The fourth-order valence-electron chi connectivity index (χ4n) is 2.41. The normalized spacial score (nSPS) is 10.7. The monoisotopic (exact) mass is 423 g/mol. The Kier molecular flexibility index (Phi) is 6.28. The summed E-state index contributed by atoms with van der Waals surface area (Å²) < 4.78 is 6.81. The van der Waals surface area contributed by atoms with Crippen molar-refractivity contribution in [2.24, 2.45) is 0 Å². The van der Waals surface area contributed by atoms with Gasteiger partial charge in [0.25, 0.3) is 0 Å². The first-order valence-electron chi connectivity index (χ1n) is 8.34. The Morgan fingerprint density at radius 3 is 2.52 bits per heavy atom. The van der Waals surface area contributed by atoms with E-state index in [4.69, 9.17) is 4.74 Å². The third-order valence-electron chi connectivity index (χ3n) is 3.76. The molecule has 3 rings (SSSR count). The van der Waals surface area contributed by atoms with Crippen LogP contribution in [0.15, 0.2) is 83.3 Å². The molecule has 3 aromatic carbocycles. The van der Waals surface area contributed by atoms with E-state index in [2.05, 4.69) is 21.2 Å². The van der Waals surface area contributed by atoms with Gasteiger partial charge in [-0.3, -0.25) is 4.79 Å². The topological polar surface area (TPSA) is 58.6 Å². The second-order valence-corrected chi connectivity index (χ2v) is 6.74. The van der Waals surface area contributed by atoms with E-state index in [1.807, 2.05) is 48.5 Å². The summed E-state index contributed by atoms with van der Waals surface area (Å²) in [5.74, 6) is 0.572. The Hall–Kier alpha value is -3.05. The second kappa shape index (κ2) is 9.05. The summed E-state index contributed by atoms with van der Waals surface area (Å²) in [7, 11) is 0. The minimum Gasteiger partial charge on any atom is -0.508 e. The lowest BCUT2D eigenvalue weighted by Crippen LogP contribution is -2.07. The lowest BCUT2D eigenvalue weighted by Gasteiger charge is -2.10. The van der Waals surface area contributed by atoms with E-state index in [1.54, 1.807) is 18.2 Å². The van der Waals surface area contributed by atoms with Crippen molar-refractivity contribution in [3.63, 3.8) is 0 Å². The van der Waals surface area contributed by atoms with E-state index < -0.39 is 0 Å². The third kappa shape index (κ3) is 5.72. The van der Waals surface area contributed by atoms with Crippen LogP contribution in [0.25, 0.3) is 6.08 Å². The van der Waals surface area contributed by atoms with Crippen LogP contribution in [-0.4, -0.2) is 11.0 Å². The number of benzene rings is 3. The van der Waals surface area contributed by atoms with E-state index >= 15 is 0 Å². The number of anilines is 1. The van der Waals surface area contributed by atoms with Crippen LogP contribution in [-0.2, 0) is 11.4 Å². The molecular weight excluding hydrogens is 406 g/mol. The second-order valence-electron chi connectivity index (χ2n) is 5.83. The molecular formula is C22H18BrNO3. The Morgan fingerprint density at radius 1 is 1.04 bits per heavy atom. The number of phenolic OH excluding ortho intramolecular Hbond substituents is 1. The Labute approximate surface area is 166 Å². The van der Waals surface area contributed by atoms with E-state index in [1.165, 1.54) is 18.2 Å². The first-order chi connectivity index (χ1) is 13.1. The van der Waals surface area contributed by atoms with Crippen molar-refractivity contribution in [1.29, 1.82) is 0 Å². The number of phenols is 1. The zero-order valence-electron chi connectivity index (χ0n) is 14.4. The number of nitrogens with one attached hydrogen (secondary N) is 1. The first-order valence-corrected chi connectivity index (χ1v) is 9.14. The highest BCUT2D eigenvalue weighted by atomic mass is 79.9. The van der Waals surface area contributed by atoms with Crippen molar-refractivity contribution in [2.45, 2.75) is 6.61 Å². The maximum absolute atomic E-state index is 12.1. The van der Waals surface area contributed by atoms with Gasteiger partial charge in [-0.15, -0.1) is 0 Å². The molecule has 0 aromatic heterocycles. The molecule has 0 fully saturated rings. The number of hydrogen-bond acceptors (Lipinski definition) is 3. The summed E-state index contributed by atoms with van der Waals surface area (Å²) in [6, 6.07) is 21.9. The summed E-state index contributed by atoms with van der Waals surface area (Å²) in [4.78, 5) is 12.1. The summed E-state index contributed by atoms with van der Waals surface area (Å²) in [6.45, 7) is 0.447. The van der Waals surface area contributed by atoms with E-state index in [9.17, 15) is 9.90 Å². The number of carbonyl (C=O) groups excluding carboxylic acids is 1. The molecule has 0 atom stereocenters. The molecule has 5 heteroatoms. The number of carbonyl (C=O) groups is 1. The van der Waals surface area contributed by atoms with Gasteiger partial charge in [0, 0.05) is 21.8 Å². The molecule has 0 heterocycles. The molecule has 3 aromatic rings. The molecule has 0 aliphatic heterocycles. The fraction of sp³-hybridized carbons (Fsp3) is 0.0455. The third-order valence-corrected chi connectivity index (χ3v) is 4.25. The van der Waals surface area contributed by atoms with Gasteiger partial charge in [0.1, 0.15) is 18.1 Å². The first kappa shape index (κ1) is 18.7. The summed E-state index contributed by atoms with van der Waals surface area (Å²) in [5, 5.41) is 12.0. The minimum atomic E-state index is -0.269. The molecule has 0 radical (unpaired) electrons. The molecule has 136 valence electrons. The Balaban J connectivity index is 1.69. The standard InChI is InChI=1S/C22H18BrNO3/c23-18-7-12-21(27-15-16-4-2-1-3-5-16)17(14-18)6-13-22(26)24-19-8-10-20(25)11-9-19/h1-14,25H,15H2,(H,24,26)/b13-6+. The van der Waals surface area contributed by atoms with Gasteiger partial charge in [-0.25, -0.2) is 0 Å². The minimum absolute atomic E-state index is 0.151. The van der Waals surface area contributed by atoms with Crippen molar-refractivity contribution >= 4 is 33.6 Å². The average molecular weight is 424 g/mol. The lowest BCUT2D eigenvalue weighted by atomic mass is 10.2. The summed E-state index contributed by atoms with van der Waals surface area (Å²) >= 11 is 3.45. The van der Waals surface area contributed by atoms with Gasteiger partial charge in [-0.2, -0.15) is 0 Å². The number of ether oxygens (including phenoxy) is 1. The lowest BCUT2D eigenvalue weighted by molar-refractivity contribution is -0.111. The van der Waals surface area contributed by atoms with Crippen molar-refractivity contribution < 1.29 is 14.6 Å². The Bertz CT molecular complexity index is 938. The number of halogens is 1. The molecule has 0 bridgehead atoms. The van der Waals surface area contributed by atoms with Crippen molar-refractivity contribution in [3.8, 4) is 11.5 Å². The van der Waals surface area contributed by atoms with Crippen LogP contribution >= 0.6 is 15.9 Å². The highest BCUT2D eigenvalue weighted by molar-refractivity contribution is 9.10. The van der Waals surface area contributed by atoms with Crippen LogP contribution in [0, 0.1) is 0 Å².